The van der Waals surface area contributed by atoms with Gasteiger partial charge < -0.3 is 0 Å². The van der Waals surface area contributed by atoms with Crippen molar-refractivity contribution in [2.45, 2.75) is 6.92 Å². The van der Waals surface area contributed by atoms with Gasteiger partial charge in [0.1, 0.15) is 0 Å². The number of fused-ring (bicyclic) bond motifs is 3. The molecule has 0 heterocycles. The van der Waals surface area contributed by atoms with E-state index < -0.39 is 0 Å². The molecule has 0 saturated heterocycles. The zero-order chi connectivity index (χ0) is 29.3. The van der Waals surface area contributed by atoms with E-state index in [0.29, 0.717) is 0 Å². The molecule has 0 spiro atoms. The standard InChI is InChI=1S/C43H32/c1-4-14-30(5-2)31-16-13-18-33(28-31)42-37-21-8-10-23-39(37)43(40-24-11-9-22-38(40)42)41-26-25-34(32-17-12-15-29(3)27-32)35-19-6-7-20-36(35)41/h4-28H,1-2H2,3H3/b30-14+. The second-order valence-electron chi connectivity index (χ2n) is 11.1. The van der Waals surface area contributed by atoms with Crippen LogP contribution in [0, 0.1) is 6.92 Å². The van der Waals surface area contributed by atoms with E-state index in [2.05, 4.69) is 154 Å². The first-order valence-corrected chi connectivity index (χ1v) is 14.8. The topological polar surface area (TPSA) is 0 Å². The Bertz CT molecular complexity index is 2170. The van der Waals surface area contributed by atoms with Crippen LogP contribution in [0.2, 0.25) is 0 Å². The molecular formula is C43H32. The van der Waals surface area contributed by atoms with E-state index in [4.69, 9.17) is 0 Å². The van der Waals surface area contributed by atoms with Gasteiger partial charge in [-0.3, -0.25) is 0 Å². The van der Waals surface area contributed by atoms with Gasteiger partial charge in [0, 0.05) is 0 Å². The van der Waals surface area contributed by atoms with Gasteiger partial charge in [0.2, 0.25) is 0 Å². The van der Waals surface area contributed by atoms with Gasteiger partial charge in [0.15, 0.2) is 0 Å². The van der Waals surface area contributed by atoms with Crippen LogP contribution in [-0.2, 0) is 0 Å². The zero-order valence-corrected chi connectivity index (χ0v) is 24.3. The van der Waals surface area contributed by atoms with E-state index in [1.807, 2.05) is 18.2 Å². The highest BCUT2D eigenvalue weighted by Crippen LogP contribution is 2.46. The van der Waals surface area contributed by atoms with Gasteiger partial charge in [-0.15, -0.1) is 0 Å². The third-order valence-electron chi connectivity index (χ3n) is 8.46. The van der Waals surface area contributed by atoms with Gasteiger partial charge in [-0.25, -0.2) is 0 Å². The Hall–Kier alpha value is -5.46. The van der Waals surface area contributed by atoms with E-state index in [0.717, 1.165) is 11.1 Å². The van der Waals surface area contributed by atoms with Crippen molar-refractivity contribution in [3.63, 3.8) is 0 Å². The summed E-state index contributed by atoms with van der Waals surface area (Å²) in [6, 6.07) is 48.7. The van der Waals surface area contributed by atoms with Crippen LogP contribution in [0.4, 0.5) is 0 Å². The minimum atomic E-state index is 1.06. The fourth-order valence-electron chi connectivity index (χ4n) is 6.57. The Labute approximate surface area is 253 Å². The van der Waals surface area contributed by atoms with E-state index >= 15 is 0 Å². The molecule has 0 unspecified atom stereocenters. The summed E-state index contributed by atoms with van der Waals surface area (Å²) in [5.41, 5.74) is 10.9. The summed E-state index contributed by atoms with van der Waals surface area (Å²) >= 11 is 0. The Morgan fingerprint density at radius 2 is 1.02 bits per heavy atom. The lowest BCUT2D eigenvalue weighted by Crippen LogP contribution is -1.93. The monoisotopic (exact) mass is 548 g/mol. The second kappa shape index (κ2) is 11.1. The van der Waals surface area contributed by atoms with Crippen LogP contribution in [-0.4, -0.2) is 0 Å². The highest BCUT2D eigenvalue weighted by Gasteiger charge is 2.19. The predicted octanol–water partition coefficient (Wildman–Crippen LogP) is 12.2. The van der Waals surface area contributed by atoms with Crippen LogP contribution in [0.5, 0.6) is 0 Å². The SMILES string of the molecule is C=C/C=C(\C=C)c1cccc(-c2c3ccccc3c(-c3ccc(-c4cccc(C)c4)c4ccccc34)c3ccccc23)c1. The van der Waals surface area contributed by atoms with E-state index in [1.165, 1.54) is 71.3 Å². The molecule has 0 bridgehead atoms. The summed E-state index contributed by atoms with van der Waals surface area (Å²) in [4.78, 5) is 0. The van der Waals surface area contributed by atoms with Gasteiger partial charge in [0.05, 0.1) is 0 Å². The third-order valence-corrected chi connectivity index (χ3v) is 8.46. The molecule has 7 aromatic rings. The van der Waals surface area contributed by atoms with Gasteiger partial charge >= 0.3 is 0 Å². The molecule has 0 aliphatic heterocycles. The van der Waals surface area contributed by atoms with Crippen molar-refractivity contribution in [1.82, 2.24) is 0 Å². The quantitative estimate of drug-likeness (QED) is 0.143. The number of aryl methyl sites for hydroxylation is 1. The molecule has 7 aromatic carbocycles. The predicted molar refractivity (Wildman–Crippen MR) is 188 cm³/mol. The first kappa shape index (κ1) is 26.4. The van der Waals surface area contributed by atoms with Crippen molar-refractivity contribution in [2.24, 2.45) is 0 Å². The van der Waals surface area contributed by atoms with Crippen LogP contribution >= 0.6 is 0 Å². The Morgan fingerprint density at radius 3 is 1.63 bits per heavy atom. The van der Waals surface area contributed by atoms with Gasteiger partial charge in [-0.2, -0.15) is 0 Å². The molecule has 0 aliphatic rings. The smallest absolute Gasteiger partial charge is 0.00201 e. The first-order valence-electron chi connectivity index (χ1n) is 14.8. The number of hydrogen-bond donors (Lipinski definition) is 0. The fourth-order valence-corrected chi connectivity index (χ4v) is 6.57. The normalized spacial score (nSPS) is 11.7. The van der Waals surface area contributed by atoms with Gasteiger partial charge in [0.25, 0.3) is 0 Å². The van der Waals surface area contributed by atoms with Crippen molar-refractivity contribution >= 4 is 37.9 Å². The largest absolute Gasteiger partial charge is 0.0990 e. The van der Waals surface area contributed by atoms with Crippen molar-refractivity contribution in [2.75, 3.05) is 0 Å². The summed E-state index contributed by atoms with van der Waals surface area (Å²) in [7, 11) is 0. The van der Waals surface area contributed by atoms with Gasteiger partial charge in [-0.1, -0.05) is 164 Å². The highest BCUT2D eigenvalue weighted by atomic mass is 14.2. The summed E-state index contributed by atoms with van der Waals surface area (Å²) < 4.78 is 0. The molecule has 7 rings (SSSR count). The molecule has 0 amide bonds. The number of benzene rings is 7. The van der Waals surface area contributed by atoms with Crippen molar-refractivity contribution < 1.29 is 0 Å². The van der Waals surface area contributed by atoms with Crippen LogP contribution in [0.3, 0.4) is 0 Å². The summed E-state index contributed by atoms with van der Waals surface area (Å²) in [6.45, 7) is 10.1. The fraction of sp³-hybridized carbons (Fsp3) is 0.0233. The lowest BCUT2D eigenvalue weighted by atomic mass is 9.83. The van der Waals surface area contributed by atoms with Gasteiger partial charge in [-0.05, 0) is 89.8 Å². The Morgan fingerprint density at radius 1 is 0.488 bits per heavy atom. The molecule has 204 valence electrons. The number of rotatable bonds is 6. The van der Waals surface area contributed by atoms with E-state index in [-0.39, 0.29) is 0 Å². The zero-order valence-electron chi connectivity index (χ0n) is 24.3. The van der Waals surface area contributed by atoms with E-state index in [9.17, 15) is 0 Å². The summed E-state index contributed by atoms with van der Waals surface area (Å²) in [5.74, 6) is 0. The van der Waals surface area contributed by atoms with Crippen molar-refractivity contribution in [3.05, 3.63) is 176 Å². The second-order valence-corrected chi connectivity index (χ2v) is 11.1. The molecule has 0 aliphatic carbocycles. The van der Waals surface area contributed by atoms with Crippen molar-refractivity contribution in [1.29, 1.82) is 0 Å². The van der Waals surface area contributed by atoms with Crippen LogP contribution < -0.4 is 0 Å². The minimum absolute atomic E-state index is 1.06. The summed E-state index contributed by atoms with van der Waals surface area (Å²) in [6.07, 6.45) is 5.72. The third kappa shape index (κ3) is 4.58. The molecule has 0 fully saturated rings. The lowest BCUT2D eigenvalue weighted by molar-refractivity contribution is 1.47. The highest BCUT2D eigenvalue weighted by molar-refractivity contribution is 6.24. The van der Waals surface area contributed by atoms with Crippen LogP contribution in [0.25, 0.3) is 71.3 Å². The van der Waals surface area contributed by atoms with E-state index in [1.54, 1.807) is 0 Å². The molecule has 0 N–H and O–H groups in total. The molecule has 0 atom stereocenters. The molecule has 0 aromatic heterocycles. The molecule has 0 nitrogen and oxygen atoms in total. The Kier molecular flexibility index (Phi) is 6.81. The van der Waals surface area contributed by atoms with Crippen LogP contribution in [0.15, 0.2) is 165 Å². The molecule has 0 radical (unpaired) electrons. The first-order chi connectivity index (χ1) is 21.2. The number of allylic oxidation sites excluding steroid dienone is 4. The molecule has 0 heteroatoms. The van der Waals surface area contributed by atoms with Crippen molar-refractivity contribution in [3.8, 4) is 33.4 Å². The average molecular weight is 549 g/mol. The maximum Gasteiger partial charge on any atom is -0.00201 e. The average Bonchev–Trinajstić information content (AvgIpc) is 3.05. The molecule has 0 saturated carbocycles. The van der Waals surface area contributed by atoms with Crippen LogP contribution in [0.1, 0.15) is 11.1 Å². The Balaban J connectivity index is 1.55. The maximum atomic E-state index is 4.04. The lowest BCUT2D eigenvalue weighted by Gasteiger charge is -2.20. The molecule has 43 heavy (non-hydrogen) atoms. The molecular weight excluding hydrogens is 516 g/mol. The maximum absolute atomic E-state index is 4.04. The number of hydrogen-bond acceptors (Lipinski definition) is 0. The summed E-state index contributed by atoms with van der Waals surface area (Å²) in [5, 5.41) is 7.51. The minimum Gasteiger partial charge on any atom is -0.0990 e.